The molecule has 132 valence electrons. The van der Waals surface area contributed by atoms with Crippen LogP contribution in [-0.2, 0) is 4.74 Å². The zero-order valence-electron chi connectivity index (χ0n) is 14.4. The molecule has 0 radical (unpaired) electrons. The summed E-state index contributed by atoms with van der Waals surface area (Å²) in [4.78, 5) is 18.7. The first-order chi connectivity index (χ1) is 12.2. The number of carbonyl (C=O) groups is 1. The summed E-state index contributed by atoms with van der Waals surface area (Å²) in [5.74, 6) is 1.51. The summed E-state index contributed by atoms with van der Waals surface area (Å²) < 4.78 is 11.1. The van der Waals surface area contributed by atoms with E-state index in [0.717, 1.165) is 18.2 Å². The van der Waals surface area contributed by atoms with Gasteiger partial charge in [-0.1, -0.05) is 5.16 Å². The number of pyridine rings is 1. The van der Waals surface area contributed by atoms with Crippen LogP contribution in [-0.4, -0.2) is 47.3 Å². The molecular formula is C19H23N3O3. The van der Waals surface area contributed by atoms with Crippen LogP contribution in [0.25, 0.3) is 0 Å². The van der Waals surface area contributed by atoms with Gasteiger partial charge < -0.3 is 14.2 Å². The second-order valence-corrected chi connectivity index (χ2v) is 7.17. The van der Waals surface area contributed by atoms with Gasteiger partial charge in [-0.15, -0.1) is 0 Å². The lowest BCUT2D eigenvalue weighted by molar-refractivity contribution is 0.0705. The lowest BCUT2D eigenvalue weighted by Crippen LogP contribution is -2.29. The molecule has 4 rings (SSSR count). The Kier molecular flexibility index (Phi) is 4.53. The maximum Gasteiger partial charge on any atom is 0.292 e. The first kappa shape index (κ1) is 16.3. The minimum atomic E-state index is -0.0932. The molecule has 6 heteroatoms. The van der Waals surface area contributed by atoms with E-state index in [-0.39, 0.29) is 17.7 Å². The summed E-state index contributed by atoms with van der Waals surface area (Å²) in [6, 6.07) is 5.76. The molecule has 1 saturated heterocycles. The Labute approximate surface area is 147 Å². The normalized spacial score (nSPS) is 23.2. The van der Waals surface area contributed by atoms with E-state index in [4.69, 9.17) is 9.26 Å². The molecule has 2 fully saturated rings. The van der Waals surface area contributed by atoms with Gasteiger partial charge in [0.05, 0.1) is 12.3 Å². The lowest BCUT2D eigenvalue weighted by atomic mass is 9.90. The summed E-state index contributed by atoms with van der Waals surface area (Å²) in [6.07, 6.45) is 6.19. The topological polar surface area (TPSA) is 68.5 Å². The van der Waals surface area contributed by atoms with E-state index < -0.39 is 0 Å². The maximum atomic E-state index is 12.7. The van der Waals surface area contributed by atoms with Crippen molar-refractivity contribution in [2.75, 3.05) is 26.3 Å². The lowest BCUT2D eigenvalue weighted by Gasteiger charge is -2.18. The van der Waals surface area contributed by atoms with Gasteiger partial charge in [-0.2, -0.15) is 0 Å². The summed E-state index contributed by atoms with van der Waals surface area (Å²) in [6.45, 7) is 4.69. The molecule has 6 nitrogen and oxygen atoms in total. The average molecular weight is 341 g/mol. The van der Waals surface area contributed by atoms with Gasteiger partial charge in [0.25, 0.3) is 5.91 Å². The van der Waals surface area contributed by atoms with Gasteiger partial charge in [0, 0.05) is 50.0 Å². The predicted molar refractivity (Wildman–Crippen MR) is 91.2 cm³/mol. The molecule has 2 aliphatic rings. The van der Waals surface area contributed by atoms with Crippen molar-refractivity contribution in [2.24, 2.45) is 11.8 Å². The highest BCUT2D eigenvalue weighted by Crippen LogP contribution is 2.34. The molecule has 0 bridgehead atoms. The van der Waals surface area contributed by atoms with Crippen molar-refractivity contribution in [2.45, 2.75) is 25.7 Å². The standard InChI is InChI=1S/C19H23N3O3/c1-13-8-18(25-21-13)19(23)22-9-16(12-24-11-14-2-3-14)17(10-22)15-4-6-20-7-5-15/h4-8,14,16-17H,2-3,9-12H2,1H3/t16-,17-/m0/s1. The quantitative estimate of drug-likeness (QED) is 0.808. The molecule has 0 aromatic carbocycles. The van der Waals surface area contributed by atoms with Crippen molar-refractivity contribution in [3.8, 4) is 0 Å². The van der Waals surface area contributed by atoms with Crippen LogP contribution in [0.1, 0.15) is 40.6 Å². The molecule has 1 amide bonds. The number of hydrogen-bond acceptors (Lipinski definition) is 5. The van der Waals surface area contributed by atoms with Gasteiger partial charge in [0.2, 0.25) is 5.76 Å². The zero-order chi connectivity index (χ0) is 17.2. The molecule has 0 N–H and O–H groups in total. The monoisotopic (exact) mass is 341 g/mol. The number of aryl methyl sites for hydroxylation is 1. The van der Waals surface area contributed by atoms with Gasteiger partial charge in [0.15, 0.2) is 0 Å². The van der Waals surface area contributed by atoms with E-state index in [1.165, 1.54) is 18.4 Å². The number of amides is 1. The number of likely N-dealkylation sites (tertiary alicyclic amines) is 1. The van der Waals surface area contributed by atoms with Crippen LogP contribution >= 0.6 is 0 Å². The highest BCUT2D eigenvalue weighted by molar-refractivity contribution is 5.91. The summed E-state index contributed by atoms with van der Waals surface area (Å²) in [7, 11) is 0. The van der Waals surface area contributed by atoms with Crippen molar-refractivity contribution in [1.29, 1.82) is 0 Å². The van der Waals surface area contributed by atoms with Gasteiger partial charge in [-0.25, -0.2) is 0 Å². The zero-order valence-corrected chi connectivity index (χ0v) is 14.4. The fourth-order valence-electron chi connectivity index (χ4n) is 3.49. The van der Waals surface area contributed by atoms with E-state index in [0.29, 0.717) is 25.5 Å². The SMILES string of the molecule is Cc1cc(C(=O)N2C[C@@H](COCC3CC3)[C@H](c3ccncc3)C2)on1. The van der Waals surface area contributed by atoms with E-state index in [1.54, 1.807) is 6.07 Å². The molecule has 0 spiro atoms. The number of rotatable bonds is 6. The number of nitrogens with zero attached hydrogens (tertiary/aromatic N) is 3. The van der Waals surface area contributed by atoms with Gasteiger partial charge in [0.1, 0.15) is 0 Å². The number of ether oxygens (including phenoxy) is 1. The number of carbonyl (C=O) groups excluding carboxylic acids is 1. The second kappa shape index (κ2) is 6.96. The van der Waals surface area contributed by atoms with Crippen LogP contribution in [0.3, 0.4) is 0 Å². The van der Waals surface area contributed by atoms with Crippen molar-refractivity contribution < 1.29 is 14.1 Å². The van der Waals surface area contributed by atoms with Crippen molar-refractivity contribution in [3.05, 3.63) is 47.6 Å². The molecule has 3 heterocycles. The maximum absolute atomic E-state index is 12.7. The van der Waals surface area contributed by atoms with E-state index >= 15 is 0 Å². The van der Waals surface area contributed by atoms with Crippen LogP contribution in [0.4, 0.5) is 0 Å². The summed E-state index contributed by atoms with van der Waals surface area (Å²) in [5, 5.41) is 3.83. The van der Waals surface area contributed by atoms with Crippen LogP contribution in [0.5, 0.6) is 0 Å². The molecule has 1 aliphatic carbocycles. The van der Waals surface area contributed by atoms with Crippen molar-refractivity contribution in [3.63, 3.8) is 0 Å². The molecule has 2 aromatic heterocycles. The largest absolute Gasteiger partial charge is 0.381 e. The molecule has 2 atom stereocenters. The third kappa shape index (κ3) is 3.74. The average Bonchev–Trinajstić information content (AvgIpc) is 3.19. The van der Waals surface area contributed by atoms with Gasteiger partial charge in [-0.3, -0.25) is 9.78 Å². The third-order valence-corrected chi connectivity index (χ3v) is 5.08. The molecule has 0 unspecified atom stereocenters. The smallest absolute Gasteiger partial charge is 0.292 e. The third-order valence-electron chi connectivity index (χ3n) is 5.08. The summed E-state index contributed by atoms with van der Waals surface area (Å²) in [5.41, 5.74) is 1.93. The molecule has 25 heavy (non-hydrogen) atoms. The predicted octanol–water partition coefficient (Wildman–Crippen LogP) is 2.66. The van der Waals surface area contributed by atoms with E-state index in [2.05, 4.69) is 10.1 Å². The van der Waals surface area contributed by atoms with Crippen molar-refractivity contribution >= 4 is 5.91 Å². The van der Waals surface area contributed by atoms with Gasteiger partial charge in [-0.05, 0) is 43.4 Å². The Bertz CT molecular complexity index is 727. The Morgan fingerprint density at radius 2 is 2.08 bits per heavy atom. The van der Waals surface area contributed by atoms with Gasteiger partial charge >= 0.3 is 0 Å². The Hall–Kier alpha value is -2.21. The summed E-state index contributed by atoms with van der Waals surface area (Å²) >= 11 is 0. The van der Waals surface area contributed by atoms with E-state index in [1.807, 2.05) is 36.4 Å². The van der Waals surface area contributed by atoms with Crippen LogP contribution in [0.2, 0.25) is 0 Å². The van der Waals surface area contributed by atoms with Crippen molar-refractivity contribution in [1.82, 2.24) is 15.0 Å². The van der Waals surface area contributed by atoms with Crippen LogP contribution in [0.15, 0.2) is 35.1 Å². The molecule has 2 aromatic rings. The molecule has 1 aliphatic heterocycles. The fourth-order valence-corrected chi connectivity index (χ4v) is 3.49. The Morgan fingerprint density at radius 1 is 1.28 bits per heavy atom. The Balaban J connectivity index is 1.47. The minimum absolute atomic E-state index is 0.0932. The second-order valence-electron chi connectivity index (χ2n) is 7.17. The highest BCUT2D eigenvalue weighted by atomic mass is 16.5. The first-order valence-corrected chi connectivity index (χ1v) is 8.91. The fraction of sp³-hybridized carbons (Fsp3) is 0.526. The Morgan fingerprint density at radius 3 is 2.76 bits per heavy atom. The highest BCUT2D eigenvalue weighted by Gasteiger charge is 2.38. The van der Waals surface area contributed by atoms with Crippen LogP contribution < -0.4 is 0 Å². The number of hydrogen-bond donors (Lipinski definition) is 0. The first-order valence-electron chi connectivity index (χ1n) is 8.91. The molecular weight excluding hydrogens is 318 g/mol. The van der Waals surface area contributed by atoms with Crippen LogP contribution in [0, 0.1) is 18.8 Å². The minimum Gasteiger partial charge on any atom is -0.381 e. The number of aromatic nitrogens is 2. The molecule has 1 saturated carbocycles. The van der Waals surface area contributed by atoms with E-state index in [9.17, 15) is 4.79 Å².